The number of hydrogen-bond acceptors (Lipinski definition) is 4. The molecule has 6 heteroatoms. The van der Waals surface area contributed by atoms with Crippen molar-refractivity contribution < 1.29 is 14.3 Å². The summed E-state index contributed by atoms with van der Waals surface area (Å²) in [7, 11) is 0. The van der Waals surface area contributed by atoms with Crippen LogP contribution in [0, 0.1) is 0 Å². The van der Waals surface area contributed by atoms with Crippen LogP contribution in [0.1, 0.15) is 41.0 Å². The Balaban J connectivity index is 1.56. The average molecular weight is 299 g/mol. The molecule has 1 aliphatic heterocycles. The van der Waals surface area contributed by atoms with Crippen LogP contribution in [0.25, 0.3) is 0 Å². The van der Waals surface area contributed by atoms with Crippen molar-refractivity contribution in [3.63, 3.8) is 0 Å². The summed E-state index contributed by atoms with van der Waals surface area (Å²) in [6, 6.07) is 5.37. The van der Waals surface area contributed by atoms with Crippen molar-refractivity contribution >= 4 is 11.6 Å². The number of fused-ring (bicyclic) bond motifs is 2. The highest BCUT2D eigenvalue weighted by Gasteiger charge is 2.21. The van der Waals surface area contributed by atoms with Crippen LogP contribution < -0.4 is 14.8 Å². The number of aromatic amines is 1. The van der Waals surface area contributed by atoms with Crippen molar-refractivity contribution in [2.45, 2.75) is 32.1 Å². The van der Waals surface area contributed by atoms with Gasteiger partial charge in [0.15, 0.2) is 17.2 Å². The van der Waals surface area contributed by atoms with Gasteiger partial charge in [-0.2, -0.15) is 5.10 Å². The highest BCUT2D eigenvalue weighted by Crippen LogP contribution is 2.34. The molecule has 0 spiro atoms. The van der Waals surface area contributed by atoms with Crippen molar-refractivity contribution in [3.05, 3.63) is 35.2 Å². The molecule has 1 aromatic heterocycles. The largest absolute Gasteiger partial charge is 0.454 e. The van der Waals surface area contributed by atoms with E-state index in [4.69, 9.17) is 9.47 Å². The molecule has 0 radical (unpaired) electrons. The van der Waals surface area contributed by atoms with Crippen molar-refractivity contribution in [3.8, 4) is 11.5 Å². The third-order valence-corrected chi connectivity index (χ3v) is 4.15. The van der Waals surface area contributed by atoms with Crippen molar-refractivity contribution in [1.29, 1.82) is 0 Å². The number of carbonyl (C=O) groups excluding carboxylic acids is 1. The third kappa shape index (κ3) is 2.30. The minimum atomic E-state index is -0.182. The summed E-state index contributed by atoms with van der Waals surface area (Å²) >= 11 is 0. The lowest BCUT2D eigenvalue weighted by Gasteiger charge is -2.06. The van der Waals surface area contributed by atoms with Gasteiger partial charge in [-0.1, -0.05) is 6.42 Å². The van der Waals surface area contributed by atoms with E-state index in [9.17, 15) is 4.79 Å². The first-order chi connectivity index (χ1) is 10.8. The van der Waals surface area contributed by atoms with E-state index >= 15 is 0 Å². The Morgan fingerprint density at radius 3 is 2.95 bits per heavy atom. The molecule has 2 aromatic rings. The van der Waals surface area contributed by atoms with Gasteiger partial charge in [0.25, 0.3) is 5.91 Å². The molecule has 114 valence electrons. The normalized spacial score (nSPS) is 16.0. The molecule has 1 amide bonds. The molecule has 1 aromatic carbocycles. The Bertz CT molecular complexity index is 723. The first-order valence-electron chi connectivity index (χ1n) is 7.58. The summed E-state index contributed by atoms with van der Waals surface area (Å²) in [6.45, 7) is 0.222. The maximum absolute atomic E-state index is 12.5. The van der Waals surface area contributed by atoms with Crippen molar-refractivity contribution in [2.24, 2.45) is 0 Å². The minimum absolute atomic E-state index is 0.182. The van der Waals surface area contributed by atoms with E-state index < -0.39 is 0 Å². The molecule has 0 fully saturated rings. The summed E-state index contributed by atoms with van der Waals surface area (Å²) in [5.41, 5.74) is 3.36. The van der Waals surface area contributed by atoms with E-state index in [1.807, 2.05) is 0 Å². The predicted molar refractivity (Wildman–Crippen MR) is 80.4 cm³/mol. The van der Waals surface area contributed by atoms with Crippen LogP contribution in [0.5, 0.6) is 11.5 Å². The molecule has 6 nitrogen and oxygen atoms in total. The Morgan fingerprint density at radius 1 is 1.14 bits per heavy atom. The molecule has 0 saturated carbocycles. The number of rotatable bonds is 2. The van der Waals surface area contributed by atoms with Gasteiger partial charge in [0.05, 0.1) is 0 Å². The van der Waals surface area contributed by atoms with Gasteiger partial charge in [-0.05, 0) is 37.8 Å². The third-order valence-electron chi connectivity index (χ3n) is 4.15. The van der Waals surface area contributed by atoms with Gasteiger partial charge in [0.1, 0.15) is 0 Å². The Kier molecular flexibility index (Phi) is 3.21. The molecule has 4 rings (SSSR count). The molecule has 0 bridgehead atoms. The Hall–Kier alpha value is -2.50. The number of carbonyl (C=O) groups is 1. The molecule has 22 heavy (non-hydrogen) atoms. The first kappa shape index (κ1) is 13.2. The quantitative estimate of drug-likeness (QED) is 0.836. The summed E-state index contributed by atoms with van der Waals surface area (Å²) in [5, 5.41) is 10.1. The molecule has 0 atom stereocenters. The highest BCUT2D eigenvalue weighted by atomic mass is 16.7. The maximum Gasteiger partial charge on any atom is 0.276 e. The number of benzene rings is 1. The summed E-state index contributed by atoms with van der Waals surface area (Å²) in [5.74, 6) is 1.17. The first-order valence-corrected chi connectivity index (χ1v) is 7.58. The van der Waals surface area contributed by atoms with Crippen LogP contribution in [-0.4, -0.2) is 22.9 Å². The molecule has 0 saturated heterocycles. The predicted octanol–water partition coefficient (Wildman–Crippen LogP) is 2.66. The van der Waals surface area contributed by atoms with Gasteiger partial charge in [-0.3, -0.25) is 9.89 Å². The van der Waals surface area contributed by atoms with Crippen LogP contribution in [0.3, 0.4) is 0 Å². The SMILES string of the molecule is O=C(Nc1ccc2c(c1)OCO2)c1n[nH]c2c1CCCCC2. The fourth-order valence-corrected chi connectivity index (χ4v) is 3.01. The van der Waals surface area contributed by atoms with Crippen LogP contribution in [-0.2, 0) is 12.8 Å². The zero-order valence-electron chi connectivity index (χ0n) is 12.1. The van der Waals surface area contributed by atoms with Crippen LogP contribution in [0.15, 0.2) is 18.2 Å². The lowest BCUT2D eigenvalue weighted by atomic mass is 10.1. The Labute approximate surface area is 127 Å². The Morgan fingerprint density at radius 2 is 2.00 bits per heavy atom. The average Bonchev–Trinajstić information content (AvgIpc) is 3.08. The van der Waals surface area contributed by atoms with Gasteiger partial charge < -0.3 is 14.8 Å². The fraction of sp³-hybridized carbons (Fsp3) is 0.375. The maximum atomic E-state index is 12.5. The molecule has 1 aliphatic carbocycles. The number of hydrogen-bond donors (Lipinski definition) is 2. The van der Waals surface area contributed by atoms with Crippen molar-refractivity contribution in [2.75, 3.05) is 12.1 Å². The molecular weight excluding hydrogens is 282 g/mol. The number of nitrogens with zero attached hydrogens (tertiary/aromatic N) is 1. The summed E-state index contributed by atoms with van der Waals surface area (Å²) in [4.78, 5) is 12.5. The van der Waals surface area contributed by atoms with E-state index in [-0.39, 0.29) is 12.7 Å². The highest BCUT2D eigenvalue weighted by molar-refractivity contribution is 6.04. The number of nitrogens with one attached hydrogen (secondary N) is 2. The molecular formula is C16H17N3O3. The smallest absolute Gasteiger partial charge is 0.276 e. The second kappa shape index (κ2) is 5.36. The molecule has 2 heterocycles. The minimum Gasteiger partial charge on any atom is -0.454 e. The van der Waals surface area contributed by atoms with Crippen LogP contribution >= 0.6 is 0 Å². The van der Waals surface area contributed by atoms with E-state index in [0.29, 0.717) is 22.9 Å². The molecule has 2 N–H and O–H groups in total. The molecule has 0 unspecified atom stereocenters. The number of anilines is 1. The van der Waals surface area contributed by atoms with Crippen molar-refractivity contribution in [1.82, 2.24) is 10.2 Å². The van der Waals surface area contributed by atoms with Crippen LogP contribution in [0.2, 0.25) is 0 Å². The number of H-pyrrole nitrogens is 1. The van der Waals surface area contributed by atoms with Gasteiger partial charge in [0, 0.05) is 23.0 Å². The number of aryl methyl sites for hydroxylation is 1. The number of ether oxygens (including phenoxy) is 2. The van der Waals surface area contributed by atoms with E-state index in [1.54, 1.807) is 18.2 Å². The van der Waals surface area contributed by atoms with E-state index in [0.717, 1.165) is 36.9 Å². The second-order valence-corrected chi connectivity index (χ2v) is 5.61. The van der Waals surface area contributed by atoms with E-state index in [2.05, 4.69) is 15.5 Å². The van der Waals surface area contributed by atoms with Gasteiger partial charge >= 0.3 is 0 Å². The topological polar surface area (TPSA) is 76.2 Å². The number of aromatic nitrogens is 2. The van der Waals surface area contributed by atoms with Gasteiger partial charge in [-0.25, -0.2) is 0 Å². The molecule has 2 aliphatic rings. The zero-order valence-corrected chi connectivity index (χ0v) is 12.1. The van der Waals surface area contributed by atoms with Gasteiger partial charge in [-0.15, -0.1) is 0 Å². The van der Waals surface area contributed by atoms with Crippen LogP contribution in [0.4, 0.5) is 5.69 Å². The summed E-state index contributed by atoms with van der Waals surface area (Å²) < 4.78 is 10.6. The summed E-state index contributed by atoms with van der Waals surface area (Å²) in [6.07, 6.45) is 5.34. The lowest BCUT2D eigenvalue weighted by Crippen LogP contribution is -2.14. The standard InChI is InChI=1S/C16H17N3O3/c20-16(15-11-4-2-1-3-5-12(11)18-19-15)17-10-6-7-13-14(8-10)22-9-21-13/h6-8H,1-5,9H2,(H,17,20)(H,18,19). The zero-order chi connectivity index (χ0) is 14.9. The second-order valence-electron chi connectivity index (χ2n) is 5.61. The van der Waals surface area contributed by atoms with Gasteiger partial charge in [0.2, 0.25) is 6.79 Å². The van der Waals surface area contributed by atoms with E-state index in [1.165, 1.54) is 6.42 Å². The monoisotopic (exact) mass is 299 g/mol. The fourth-order valence-electron chi connectivity index (χ4n) is 3.01. The lowest BCUT2D eigenvalue weighted by molar-refractivity contribution is 0.102. The number of amides is 1.